The van der Waals surface area contributed by atoms with Crippen molar-refractivity contribution >= 4 is 43.5 Å². The minimum atomic E-state index is -4.11. The molecule has 10 heteroatoms. The normalized spacial score (nSPS) is 12.7. The molecule has 0 aliphatic carbocycles. The second kappa shape index (κ2) is 13.6. The van der Waals surface area contributed by atoms with Gasteiger partial charge < -0.3 is 15.0 Å². The lowest BCUT2D eigenvalue weighted by Crippen LogP contribution is -2.52. The first-order valence-electron chi connectivity index (χ1n) is 12.6. The molecule has 2 amide bonds. The molecule has 0 radical (unpaired) electrons. The Morgan fingerprint density at radius 3 is 2.13 bits per heavy atom. The number of nitrogens with zero attached hydrogens (tertiary/aromatic N) is 2. The van der Waals surface area contributed by atoms with Crippen molar-refractivity contribution in [2.24, 2.45) is 0 Å². The molecule has 0 aromatic heterocycles. The van der Waals surface area contributed by atoms with E-state index in [-0.39, 0.29) is 23.4 Å². The highest BCUT2D eigenvalue weighted by Gasteiger charge is 2.32. The molecule has 3 aromatic rings. The highest BCUT2D eigenvalue weighted by Crippen LogP contribution is 2.26. The zero-order chi connectivity index (χ0) is 28.6. The lowest BCUT2D eigenvalue weighted by Gasteiger charge is -2.32. The van der Waals surface area contributed by atoms with Crippen LogP contribution in [-0.2, 0) is 26.2 Å². The molecule has 0 saturated heterocycles. The van der Waals surface area contributed by atoms with Crippen LogP contribution in [0.25, 0.3) is 0 Å². The summed E-state index contributed by atoms with van der Waals surface area (Å²) in [6.45, 7) is 5.13. The van der Waals surface area contributed by atoms with Gasteiger partial charge in [-0.25, -0.2) is 8.42 Å². The van der Waals surface area contributed by atoms with Gasteiger partial charge in [0.15, 0.2) is 0 Å². The van der Waals surface area contributed by atoms with Crippen LogP contribution in [-0.4, -0.2) is 50.9 Å². The third-order valence-corrected chi connectivity index (χ3v) is 8.72. The minimum absolute atomic E-state index is 0.0515. The number of amides is 2. The fraction of sp³-hybridized carbons (Fsp3) is 0.310. The van der Waals surface area contributed by atoms with Gasteiger partial charge in [0.25, 0.3) is 10.0 Å². The fourth-order valence-electron chi connectivity index (χ4n) is 3.83. The maximum Gasteiger partial charge on any atom is 0.264 e. The van der Waals surface area contributed by atoms with Crippen molar-refractivity contribution in [3.63, 3.8) is 0 Å². The molecule has 39 heavy (non-hydrogen) atoms. The summed E-state index contributed by atoms with van der Waals surface area (Å²) in [5.74, 6) is -0.272. The molecular formula is C29H34BrN3O5S. The molecule has 0 heterocycles. The van der Waals surface area contributed by atoms with Crippen LogP contribution in [0.4, 0.5) is 5.69 Å². The van der Waals surface area contributed by atoms with Gasteiger partial charge in [0.2, 0.25) is 11.8 Å². The van der Waals surface area contributed by atoms with E-state index >= 15 is 0 Å². The van der Waals surface area contributed by atoms with Gasteiger partial charge in [-0.05, 0) is 74.4 Å². The van der Waals surface area contributed by atoms with Crippen molar-refractivity contribution in [1.29, 1.82) is 0 Å². The summed E-state index contributed by atoms with van der Waals surface area (Å²) < 4.78 is 34.7. The number of ether oxygens (including phenoxy) is 1. The van der Waals surface area contributed by atoms with Crippen LogP contribution in [0.3, 0.4) is 0 Å². The van der Waals surface area contributed by atoms with E-state index in [2.05, 4.69) is 21.2 Å². The average Bonchev–Trinajstić information content (AvgIpc) is 2.95. The predicted octanol–water partition coefficient (Wildman–Crippen LogP) is 4.99. The third kappa shape index (κ3) is 7.83. The molecule has 1 N–H and O–H groups in total. The fourth-order valence-corrected chi connectivity index (χ4v) is 5.53. The standard InChI is InChI=1S/C29H34BrN3O5S/c1-5-21(2)31-29(35)22(3)32(19-23-11-13-24(30)14-12-23)28(34)20-33(25-15-17-26(38-4)18-16-25)39(36,37)27-9-7-6-8-10-27/h6-18,21-22H,5,19-20H2,1-4H3,(H,31,35)/t21-,22-/m0/s1. The second-order valence-corrected chi connectivity index (χ2v) is 11.9. The van der Waals surface area contributed by atoms with Crippen molar-refractivity contribution in [2.75, 3.05) is 18.0 Å². The quantitative estimate of drug-likeness (QED) is 0.310. The zero-order valence-electron chi connectivity index (χ0n) is 22.5. The summed E-state index contributed by atoms with van der Waals surface area (Å²) in [5, 5.41) is 2.93. The van der Waals surface area contributed by atoms with Gasteiger partial charge in [-0.1, -0.05) is 53.2 Å². The van der Waals surface area contributed by atoms with E-state index in [0.29, 0.717) is 11.4 Å². The molecule has 0 saturated carbocycles. The third-order valence-electron chi connectivity index (χ3n) is 6.40. The molecule has 0 aliphatic rings. The first-order chi connectivity index (χ1) is 18.6. The van der Waals surface area contributed by atoms with Crippen molar-refractivity contribution < 1.29 is 22.7 Å². The first kappa shape index (κ1) is 30.2. The van der Waals surface area contributed by atoms with Gasteiger partial charge in [-0.2, -0.15) is 0 Å². The van der Waals surface area contributed by atoms with Crippen LogP contribution in [0.15, 0.2) is 88.2 Å². The van der Waals surface area contributed by atoms with Gasteiger partial charge in [0, 0.05) is 17.1 Å². The Morgan fingerprint density at radius 2 is 1.56 bits per heavy atom. The molecule has 208 valence electrons. The highest BCUT2D eigenvalue weighted by atomic mass is 79.9. The molecule has 0 spiro atoms. The number of carbonyl (C=O) groups excluding carboxylic acids is 2. The zero-order valence-corrected chi connectivity index (χ0v) is 24.9. The maximum atomic E-state index is 13.9. The van der Waals surface area contributed by atoms with Crippen molar-refractivity contribution in [2.45, 2.75) is 50.7 Å². The van der Waals surface area contributed by atoms with E-state index in [4.69, 9.17) is 4.74 Å². The molecule has 3 rings (SSSR count). The van der Waals surface area contributed by atoms with Crippen LogP contribution in [0.1, 0.15) is 32.8 Å². The summed E-state index contributed by atoms with van der Waals surface area (Å²) in [7, 11) is -2.59. The predicted molar refractivity (Wildman–Crippen MR) is 156 cm³/mol. The second-order valence-electron chi connectivity index (χ2n) is 9.16. The number of benzene rings is 3. The molecule has 2 atom stereocenters. The van der Waals surface area contributed by atoms with Crippen LogP contribution < -0.4 is 14.4 Å². The number of carbonyl (C=O) groups is 2. The lowest BCUT2D eigenvalue weighted by atomic mass is 10.1. The molecule has 0 bridgehead atoms. The Morgan fingerprint density at radius 1 is 0.949 bits per heavy atom. The smallest absolute Gasteiger partial charge is 0.264 e. The summed E-state index contributed by atoms with van der Waals surface area (Å²) in [4.78, 5) is 28.5. The van der Waals surface area contributed by atoms with Gasteiger partial charge in [0.1, 0.15) is 18.3 Å². The van der Waals surface area contributed by atoms with Gasteiger partial charge in [-0.3, -0.25) is 13.9 Å². The van der Waals surface area contributed by atoms with Gasteiger partial charge in [-0.15, -0.1) is 0 Å². The largest absolute Gasteiger partial charge is 0.497 e. The summed E-state index contributed by atoms with van der Waals surface area (Å²) in [6, 6.07) is 20.9. The summed E-state index contributed by atoms with van der Waals surface area (Å²) in [5.41, 5.74) is 1.10. The number of methoxy groups -OCH3 is 1. The number of anilines is 1. The van der Waals surface area contributed by atoms with Crippen LogP contribution >= 0.6 is 15.9 Å². The topological polar surface area (TPSA) is 96.0 Å². The van der Waals surface area contributed by atoms with Crippen molar-refractivity contribution in [3.05, 3.63) is 88.9 Å². The SMILES string of the molecule is CC[C@H](C)NC(=O)[C@H](C)N(Cc1ccc(Br)cc1)C(=O)CN(c1ccc(OC)cc1)S(=O)(=O)c1ccccc1. The van der Waals surface area contributed by atoms with Crippen LogP contribution in [0.5, 0.6) is 5.75 Å². The number of sulfonamides is 1. The summed E-state index contributed by atoms with van der Waals surface area (Å²) >= 11 is 3.41. The van der Waals surface area contributed by atoms with E-state index in [1.807, 2.05) is 38.1 Å². The molecular weight excluding hydrogens is 582 g/mol. The number of hydrogen-bond donors (Lipinski definition) is 1. The number of hydrogen-bond acceptors (Lipinski definition) is 5. The Balaban J connectivity index is 2.01. The molecule has 3 aromatic carbocycles. The Kier molecular flexibility index (Phi) is 10.5. The first-order valence-corrected chi connectivity index (χ1v) is 14.9. The average molecular weight is 617 g/mol. The highest BCUT2D eigenvalue weighted by molar-refractivity contribution is 9.10. The van der Waals surface area contributed by atoms with E-state index in [9.17, 15) is 18.0 Å². The minimum Gasteiger partial charge on any atom is -0.497 e. The lowest BCUT2D eigenvalue weighted by molar-refractivity contribution is -0.139. The Hall–Kier alpha value is -3.37. The van der Waals surface area contributed by atoms with Gasteiger partial charge in [0.05, 0.1) is 17.7 Å². The van der Waals surface area contributed by atoms with Crippen molar-refractivity contribution in [3.8, 4) is 5.75 Å². The number of halogens is 1. The van der Waals surface area contributed by atoms with E-state index < -0.39 is 28.5 Å². The summed E-state index contributed by atoms with van der Waals surface area (Å²) in [6.07, 6.45) is 0.736. The Labute approximate surface area is 239 Å². The Bertz CT molecular complexity index is 1350. The molecule has 0 fully saturated rings. The number of rotatable bonds is 12. The number of nitrogens with one attached hydrogen (secondary N) is 1. The molecule has 0 unspecified atom stereocenters. The van der Waals surface area contributed by atoms with Crippen molar-refractivity contribution in [1.82, 2.24) is 10.2 Å². The van der Waals surface area contributed by atoms with E-state index in [0.717, 1.165) is 20.8 Å². The van der Waals surface area contributed by atoms with E-state index in [1.165, 1.54) is 24.1 Å². The van der Waals surface area contributed by atoms with Gasteiger partial charge >= 0.3 is 0 Å². The maximum absolute atomic E-state index is 13.9. The monoisotopic (exact) mass is 615 g/mol. The van der Waals surface area contributed by atoms with Crippen LogP contribution in [0, 0.1) is 0 Å². The van der Waals surface area contributed by atoms with Crippen LogP contribution in [0.2, 0.25) is 0 Å². The molecule has 0 aliphatic heterocycles. The van der Waals surface area contributed by atoms with E-state index in [1.54, 1.807) is 49.4 Å². The molecule has 8 nitrogen and oxygen atoms in total.